The monoisotopic (exact) mass is 255 g/mol. The van der Waals surface area contributed by atoms with E-state index in [1.807, 2.05) is 32.9 Å². The number of thiol groups is 1. The summed E-state index contributed by atoms with van der Waals surface area (Å²) in [4.78, 5) is 0. The van der Waals surface area contributed by atoms with Crippen molar-refractivity contribution in [2.45, 2.75) is 31.6 Å². The molecular formula is C13H21NO2S. The Labute approximate surface area is 109 Å². The van der Waals surface area contributed by atoms with Crippen molar-refractivity contribution < 1.29 is 9.47 Å². The summed E-state index contributed by atoms with van der Waals surface area (Å²) >= 11 is 4.44. The number of methoxy groups -OCH3 is 2. The fourth-order valence-corrected chi connectivity index (χ4v) is 1.95. The first-order valence-corrected chi connectivity index (χ1v) is 6.06. The summed E-state index contributed by atoms with van der Waals surface area (Å²) in [5.74, 6) is 1.57. The molecule has 4 heteroatoms. The molecule has 0 bridgehead atoms. The molecule has 3 nitrogen and oxygen atoms in total. The van der Waals surface area contributed by atoms with Gasteiger partial charge in [-0.1, -0.05) is 0 Å². The lowest BCUT2D eigenvalue weighted by molar-refractivity contribution is 0.382. The second-order valence-electron chi connectivity index (χ2n) is 4.69. The number of hydrogen-bond acceptors (Lipinski definition) is 4. The van der Waals surface area contributed by atoms with Gasteiger partial charge in [0.25, 0.3) is 0 Å². The van der Waals surface area contributed by atoms with E-state index in [0.717, 1.165) is 22.6 Å². The molecule has 0 radical (unpaired) electrons. The van der Waals surface area contributed by atoms with E-state index in [2.05, 4.69) is 12.6 Å². The average molecular weight is 255 g/mol. The number of hydrogen-bond donors (Lipinski definition) is 2. The highest BCUT2D eigenvalue weighted by Gasteiger charge is 2.23. The van der Waals surface area contributed by atoms with Crippen LogP contribution >= 0.6 is 12.6 Å². The molecule has 1 aromatic rings. The van der Waals surface area contributed by atoms with Crippen LogP contribution in [0, 0.1) is 0 Å². The van der Waals surface area contributed by atoms with Crippen molar-refractivity contribution >= 4 is 12.6 Å². The first kappa shape index (κ1) is 14.2. The van der Waals surface area contributed by atoms with Gasteiger partial charge < -0.3 is 15.2 Å². The Hall–Kier alpha value is -0.870. The fraction of sp³-hybridized carbons (Fsp3) is 0.538. The third kappa shape index (κ3) is 3.07. The van der Waals surface area contributed by atoms with Gasteiger partial charge in [0.1, 0.15) is 11.5 Å². The van der Waals surface area contributed by atoms with Gasteiger partial charge in [-0.05, 0) is 32.9 Å². The molecule has 0 heterocycles. The molecule has 2 N–H and O–H groups in total. The van der Waals surface area contributed by atoms with Crippen LogP contribution in [0.4, 0.5) is 0 Å². The van der Waals surface area contributed by atoms with Gasteiger partial charge in [-0.3, -0.25) is 0 Å². The first-order valence-electron chi connectivity index (χ1n) is 5.54. The molecule has 0 aromatic heterocycles. The summed E-state index contributed by atoms with van der Waals surface area (Å²) in [5, 5.41) is 0.0776. The summed E-state index contributed by atoms with van der Waals surface area (Å²) in [6.07, 6.45) is 0. The molecule has 0 saturated heterocycles. The largest absolute Gasteiger partial charge is 0.496 e. The summed E-state index contributed by atoms with van der Waals surface area (Å²) in [7, 11) is 3.29. The quantitative estimate of drug-likeness (QED) is 0.813. The predicted molar refractivity (Wildman–Crippen MR) is 74.2 cm³/mol. The summed E-state index contributed by atoms with van der Waals surface area (Å²) in [5.41, 5.74) is 7.58. The van der Waals surface area contributed by atoms with Crippen molar-refractivity contribution in [1.29, 1.82) is 0 Å². The van der Waals surface area contributed by atoms with Crippen LogP contribution in [0.2, 0.25) is 0 Å². The van der Waals surface area contributed by atoms with E-state index in [1.165, 1.54) is 0 Å². The molecular weight excluding hydrogens is 234 g/mol. The van der Waals surface area contributed by atoms with E-state index < -0.39 is 5.54 Å². The zero-order valence-corrected chi connectivity index (χ0v) is 12.0. The standard InChI is InChI=1S/C13H21NO2S/c1-8(17)9-6-12(16-5)10(13(2,3)14)7-11(9)15-4/h6-8,17H,14H2,1-5H3. The molecule has 0 aliphatic carbocycles. The van der Waals surface area contributed by atoms with E-state index in [0.29, 0.717) is 0 Å². The fourth-order valence-electron chi connectivity index (χ4n) is 1.75. The average Bonchev–Trinajstić information content (AvgIpc) is 2.25. The van der Waals surface area contributed by atoms with Crippen LogP contribution in [-0.4, -0.2) is 14.2 Å². The van der Waals surface area contributed by atoms with Crippen molar-refractivity contribution in [1.82, 2.24) is 0 Å². The predicted octanol–water partition coefficient (Wildman–Crippen LogP) is 2.89. The lowest BCUT2D eigenvalue weighted by Crippen LogP contribution is -2.29. The second kappa shape index (κ2) is 5.19. The highest BCUT2D eigenvalue weighted by Crippen LogP contribution is 2.38. The number of benzene rings is 1. The Bertz CT molecular complexity index is 397. The van der Waals surface area contributed by atoms with Gasteiger partial charge in [-0.15, -0.1) is 0 Å². The Morgan fingerprint density at radius 3 is 2.06 bits per heavy atom. The Kier molecular flexibility index (Phi) is 4.33. The first-order chi connectivity index (χ1) is 7.81. The molecule has 0 aliphatic rings. The topological polar surface area (TPSA) is 44.5 Å². The van der Waals surface area contributed by atoms with Crippen LogP contribution in [0.15, 0.2) is 12.1 Å². The maximum absolute atomic E-state index is 6.13. The minimum absolute atomic E-state index is 0.0776. The summed E-state index contributed by atoms with van der Waals surface area (Å²) in [6, 6.07) is 3.88. The zero-order chi connectivity index (χ0) is 13.2. The van der Waals surface area contributed by atoms with Gasteiger partial charge >= 0.3 is 0 Å². The van der Waals surface area contributed by atoms with Crippen molar-refractivity contribution in [3.05, 3.63) is 23.3 Å². The molecule has 1 atom stereocenters. The van der Waals surface area contributed by atoms with Crippen LogP contribution in [0.5, 0.6) is 11.5 Å². The smallest absolute Gasteiger partial charge is 0.124 e. The lowest BCUT2D eigenvalue weighted by Gasteiger charge is -2.24. The van der Waals surface area contributed by atoms with Crippen molar-refractivity contribution in [3.8, 4) is 11.5 Å². The van der Waals surface area contributed by atoms with E-state index >= 15 is 0 Å². The Morgan fingerprint density at radius 1 is 1.18 bits per heavy atom. The molecule has 0 aliphatic heterocycles. The van der Waals surface area contributed by atoms with Gasteiger partial charge in [-0.25, -0.2) is 0 Å². The number of rotatable bonds is 4. The Balaban J connectivity index is 3.44. The summed E-state index contributed by atoms with van der Waals surface area (Å²) < 4.78 is 10.8. The van der Waals surface area contributed by atoms with Gasteiger partial charge in [0, 0.05) is 21.9 Å². The van der Waals surface area contributed by atoms with Gasteiger partial charge in [0.15, 0.2) is 0 Å². The number of nitrogens with two attached hydrogens (primary N) is 1. The molecule has 0 spiro atoms. The minimum atomic E-state index is -0.475. The van der Waals surface area contributed by atoms with Crippen molar-refractivity contribution in [2.75, 3.05) is 14.2 Å². The molecule has 0 fully saturated rings. The van der Waals surface area contributed by atoms with Gasteiger partial charge in [0.2, 0.25) is 0 Å². The number of ether oxygens (including phenoxy) is 2. The maximum Gasteiger partial charge on any atom is 0.124 e. The highest BCUT2D eigenvalue weighted by molar-refractivity contribution is 7.80. The second-order valence-corrected chi connectivity index (χ2v) is 5.47. The Morgan fingerprint density at radius 2 is 1.71 bits per heavy atom. The highest BCUT2D eigenvalue weighted by atomic mass is 32.1. The summed E-state index contributed by atoms with van der Waals surface area (Å²) in [6.45, 7) is 5.87. The molecule has 0 amide bonds. The molecule has 1 unspecified atom stereocenters. The van der Waals surface area contributed by atoms with E-state index in [-0.39, 0.29) is 5.25 Å². The third-order valence-electron chi connectivity index (χ3n) is 2.70. The van der Waals surface area contributed by atoms with Crippen LogP contribution < -0.4 is 15.2 Å². The van der Waals surface area contributed by atoms with Gasteiger partial charge in [0.05, 0.1) is 14.2 Å². The molecule has 96 valence electrons. The van der Waals surface area contributed by atoms with E-state index in [4.69, 9.17) is 15.2 Å². The van der Waals surface area contributed by atoms with E-state index in [9.17, 15) is 0 Å². The van der Waals surface area contributed by atoms with E-state index in [1.54, 1.807) is 14.2 Å². The molecule has 17 heavy (non-hydrogen) atoms. The molecule has 1 aromatic carbocycles. The molecule has 1 rings (SSSR count). The normalized spacial score (nSPS) is 13.4. The van der Waals surface area contributed by atoms with Crippen molar-refractivity contribution in [2.24, 2.45) is 5.73 Å². The van der Waals surface area contributed by atoms with Gasteiger partial charge in [-0.2, -0.15) is 12.6 Å². The zero-order valence-electron chi connectivity index (χ0n) is 11.1. The minimum Gasteiger partial charge on any atom is -0.496 e. The van der Waals surface area contributed by atoms with Crippen LogP contribution in [-0.2, 0) is 5.54 Å². The van der Waals surface area contributed by atoms with Crippen LogP contribution in [0.1, 0.15) is 37.1 Å². The van der Waals surface area contributed by atoms with Crippen molar-refractivity contribution in [3.63, 3.8) is 0 Å². The molecule has 0 saturated carbocycles. The lowest BCUT2D eigenvalue weighted by atomic mass is 9.92. The third-order valence-corrected chi connectivity index (χ3v) is 2.97. The van der Waals surface area contributed by atoms with Crippen LogP contribution in [0.3, 0.4) is 0 Å². The SMILES string of the molecule is COc1cc(C(C)(C)N)c(OC)cc1C(C)S. The maximum atomic E-state index is 6.13. The van der Waals surface area contributed by atoms with Crippen LogP contribution in [0.25, 0.3) is 0 Å².